The lowest BCUT2D eigenvalue weighted by molar-refractivity contribution is -0.121. The number of guanidine groups is 1. The number of nitrogens with one attached hydrogen (secondary N) is 2. The smallest absolute Gasteiger partial charge is 0.220 e. The molecule has 0 atom stereocenters. The third kappa shape index (κ3) is 6.40. The number of piperidine rings is 1. The van der Waals surface area contributed by atoms with Gasteiger partial charge in [-0.1, -0.05) is 23.2 Å². The predicted octanol–water partition coefficient (Wildman–Crippen LogP) is 2.96. The number of carbonyl (C=O) groups excluding carboxylic acids is 1. The summed E-state index contributed by atoms with van der Waals surface area (Å²) in [7, 11) is 3.49. The van der Waals surface area contributed by atoms with Gasteiger partial charge in [-0.3, -0.25) is 9.79 Å². The van der Waals surface area contributed by atoms with E-state index in [0.29, 0.717) is 22.4 Å². The lowest BCUT2D eigenvalue weighted by atomic mass is 9.93. The zero-order chi connectivity index (χ0) is 18.2. The summed E-state index contributed by atoms with van der Waals surface area (Å²) in [5, 5.41) is 7.42. The van der Waals surface area contributed by atoms with E-state index in [1.54, 1.807) is 20.2 Å². The van der Waals surface area contributed by atoms with Gasteiger partial charge in [-0.25, -0.2) is 0 Å². The van der Waals surface area contributed by atoms with Gasteiger partial charge in [-0.2, -0.15) is 0 Å². The van der Waals surface area contributed by atoms with Gasteiger partial charge in [-0.05, 0) is 48.9 Å². The summed E-state index contributed by atoms with van der Waals surface area (Å²) in [6.07, 6.45) is 3.47. The number of nitrogens with zero attached hydrogens (tertiary/aromatic N) is 2. The molecule has 0 saturated carbocycles. The van der Waals surface area contributed by atoms with Crippen molar-refractivity contribution < 1.29 is 4.79 Å². The van der Waals surface area contributed by atoms with Crippen molar-refractivity contribution in [3.63, 3.8) is 0 Å². The van der Waals surface area contributed by atoms with Gasteiger partial charge in [0.1, 0.15) is 0 Å². The molecule has 1 aromatic carbocycles. The third-order valence-corrected chi connectivity index (χ3v) is 4.93. The van der Waals surface area contributed by atoms with Crippen LogP contribution in [0.1, 0.15) is 24.8 Å². The van der Waals surface area contributed by atoms with E-state index in [1.165, 1.54) is 0 Å². The Morgan fingerprint density at radius 2 is 1.88 bits per heavy atom. The molecule has 0 unspecified atom stereocenters. The van der Waals surface area contributed by atoms with Crippen molar-refractivity contribution in [2.45, 2.75) is 25.7 Å². The summed E-state index contributed by atoms with van der Waals surface area (Å²) in [6, 6.07) is 5.60. The molecule has 0 spiro atoms. The highest BCUT2D eigenvalue weighted by Crippen LogP contribution is 2.21. The molecule has 7 heteroatoms. The van der Waals surface area contributed by atoms with Gasteiger partial charge in [0, 0.05) is 50.2 Å². The van der Waals surface area contributed by atoms with Gasteiger partial charge in [-0.15, -0.1) is 0 Å². The Hall–Kier alpha value is -1.46. The number of likely N-dealkylation sites (tertiary alicyclic amines) is 1. The van der Waals surface area contributed by atoms with E-state index >= 15 is 0 Å². The molecule has 0 aliphatic carbocycles. The van der Waals surface area contributed by atoms with Gasteiger partial charge in [0.2, 0.25) is 5.91 Å². The van der Waals surface area contributed by atoms with Crippen molar-refractivity contribution in [3.8, 4) is 0 Å². The number of hydrogen-bond donors (Lipinski definition) is 2. The lowest BCUT2D eigenvalue weighted by Gasteiger charge is -2.34. The molecule has 138 valence electrons. The van der Waals surface area contributed by atoms with Crippen LogP contribution in [0.15, 0.2) is 23.2 Å². The maximum absolute atomic E-state index is 11.5. The van der Waals surface area contributed by atoms with Crippen LogP contribution in [0, 0.1) is 5.92 Å². The van der Waals surface area contributed by atoms with Crippen LogP contribution in [-0.4, -0.2) is 50.5 Å². The van der Waals surface area contributed by atoms with E-state index < -0.39 is 0 Å². The first-order valence-electron chi connectivity index (χ1n) is 8.63. The number of rotatable bonds is 5. The van der Waals surface area contributed by atoms with Crippen LogP contribution in [0.3, 0.4) is 0 Å². The van der Waals surface area contributed by atoms with E-state index in [1.807, 2.05) is 12.1 Å². The number of aliphatic imine (C=N–C) groups is 1. The molecule has 25 heavy (non-hydrogen) atoms. The van der Waals surface area contributed by atoms with Crippen LogP contribution in [0.4, 0.5) is 0 Å². The van der Waals surface area contributed by atoms with E-state index in [9.17, 15) is 4.79 Å². The van der Waals surface area contributed by atoms with Crippen molar-refractivity contribution >= 4 is 35.1 Å². The second kappa shape index (κ2) is 9.88. The molecular formula is C18H26Cl2N4O. The first kappa shape index (κ1) is 19.9. The van der Waals surface area contributed by atoms with E-state index in [-0.39, 0.29) is 5.91 Å². The van der Waals surface area contributed by atoms with Gasteiger partial charge in [0.15, 0.2) is 5.96 Å². The summed E-state index contributed by atoms with van der Waals surface area (Å²) in [4.78, 5) is 18.1. The monoisotopic (exact) mass is 384 g/mol. The van der Waals surface area contributed by atoms with Crippen molar-refractivity contribution in [3.05, 3.63) is 33.8 Å². The maximum atomic E-state index is 11.5. The van der Waals surface area contributed by atoms with Crippen LogP contribution in [0.2, 0.25) is 10.0 Å². The fraction of sp³-hybridized carbons (Fsp3) is 0.556. The Morgan fingerprint density at radius 3 is 2.44 bits per heavy atom. The van der Waals surface area contributed by atoms with Crippen LogP contribution in [-0.2, 0) is 11.2 Å². The molecule has 0 bridgehead atoms. The van der Waals surface area contributed by atoms with Crippen LogP contribution in [0.25, 0.3) is 0 Å². The molecule has 1 heterocycles. The fourth-order valence-corrected chi connectivity index (χ4v) is 3.69. The molecule has 2 rings (SSSR count). The van der Waals surface area contributed by atoms with Gasteiger partial charge >= 0.3 is 0 Å². The SMILES string of the molecule is CN=C(NCCc1cc(Cl)cc(Cl)c1)N1CCC(CC(=O)NC)CC1. The number of amides is 1. The van der Waals surface area contributed by atoms with Gasteiger partial charge < -0.3 is 15.5 Å². The average Bonchev–Trinajstić information content (AvgIpc) is 2.59. The molecule has 1 aromatic rings. The summed E-state index contributed by atoms with van der Waals surface area (Å²) in [6.45, 7) is 2.61. The van der Waals surface area contributed by atoms with E-state index in [0.717, 1.165) is 50.4 Å². The highest BCUT2D eigenvalue weighted by Gasteiger charge is 2.22. The van der Waals surface area contributed by atoms with Crippen LogP contribution >= 0.6 is 23.2 Å². The van der Waals surface area contributed by atoms with Crippen LogP contribution in [0.5, 0.6) is 0 Å². The quantitative estimate of drug-likeness (QED) is 0.605. The zero-order valence-corrected chi connectivity index (χ0v) is 16.3. The number of hydrogen-bond acceptors (Lipinski definition) is 2. The standard InChI is InChI=1S/C18H26Cl2N4O/c1-21-17(25)11-13-4-7-24(8-5-13)18(22-2)23-6-3-14-9-15(19)12-16(20)10-14/h9-10,12-13H,3-8,11H2,1-2H3,(H,21,25)(H,22,23). The summed E-state index contributed by atoms with van der Waals surface area (Å²) in [5.41, 5.74) is 1.10. The molecule has 1 aliphatic rings. The highest BCUT2D eigenvalue weighted by molar-refractivity contribution is 6.34. The number of carbonyl (C=O) groups is 1. The normalized spacial score (nSPS) is 16.0. The van der Waals surface area contributed by atoms with Crippen molar-refractivity contribution in [2.75, 3.05) is 33.7 Å². The molecule has 0 radical (unpaired) electrons. The van der Waals surface area contributed by atoms with E-state index in [4.69, 9.17) is 23.2 Å². The topological polar surface area (TPSA) is 56.7 Å². The maximum Gasteiger partial charge on any atom is 0.220 e. The summed E-state index contributed by atoms with van der Waals surface area (Å²) >= 11 is 12.1. The fourth-order valence-electron chi connectivity index (χ4n) is 3.12. The second-order valence-electron chi connectivity index (χ2n) is 6.31. The van der Waals surface area contributed by atoms with Gasteiger partial charge in [0.05, 0.1) is 0 Å². The summed E-state index contributed by atoms with van der Waals surface area (Å²) < 4.78 is 0. The zero-order valence-electron chi connectivity index (χ0n) is 14.8. The Morgan fingerprint density at radius 1 is 1.24 bits per heavy atom. The molecule has 1 aliphatic heterocycles. The first-order chi connectivity index (χ1) is 12.0. The minimum Gasteiger partial charge on any atom is -0.359 e. The summed E-state index contributed by atoms with van der Waals surface area (Å²) in [5.74, 6) is 1.50. The number of benzene rings is 1. The molecule has 1 amide bonds. The molecule has 2 N–H and O–H groups in total. The molecule has 1 fully saturated rings. The van der Waals surface area contributed by atoms with Crippen molar-refractivity contribution in [1.29, 1.82) is 0 Å². The molecular weight excluding hydrogens is 359 g/mol. The largest absolute Gasteiger partial charge is 0.359 e. The predicted molar refractivity (Wildman–Crippen MR) is 105 cm³/mol. The van der Waals surface area contributed by atoms with Crippen LogP contribution < -0.4 is 10.6 Å². The third-order valence-electron chi connectivity index (χ3n) is 4.50. The van der Waals surface area contributed by atoms with Gasteiger partial charge in [0.25, 0.3) is 0 Å². The minimum atomic E-state index is 0.126. The average molecular weight is 385 g/mol. The molecule has 5 nitrogen and oxygen atoms in total. The Balaban J connectivity index is 1.78. The lowest BCUT2D eigenvalue weighted by Crippen LogP contribution is -2.46. The Kier molecular flexibility index (Phi) is 7.85. The number of halogens is 2. The Labute approximate surface area is 159 Å². The second-order valence-corrected chi connectivity index (χ2v) is 7.18. The van der Waals surface area contributed by atoms with Crippen molar-refractivity contribution in [2.24, 2.45) is 10.9 Å². The first-order valence-corrected chi connectivity index (χ1v) is 9.38. The van der Waals surface area contributed by atoms with E-state index in [2.05, 4.69) is 20.5 Å². The Bertz CT molecular complexity index is 593. The van der Waals surface area contributed by atoms with Crippen molar-refractivity contribution in [1.82, 2.24) is 15.5 Å². The molecule has 1 saturated heterocycles. The minimum absolute atomic E-state index is 0.126. The molecule has 0 aromatic heterocycles. The highest BCUT2D eigenvalue weighted by atomic mass is 35.5.